The van der Waals surface area contributed by atoms with E-state index in [1.165, 1.54) is 0 Å². The zero-order valence-electron chi connectivity index (χ0n) is 10.9. The first kappa shape index (κ1) is 13.1. The van der Waals surface area contributed by atoms with E-state index in [0.29, 0.717) is 13.2 Å². The van der Waals surface area contributed by atoms with E-state index in [9.17, 15) is 4.79 Å². The van der Waals surface area contributed by atoms with Crippen molar-refractivity contribution >= 4 is 5.91 Å². The van der Waals surface area contributed by atoms with Crippen molar-refractivity contribution in [2.75, 3.05) is 13.2 Å². The molecule has 1 aliphatic rings. The zero-order chi connectivity index (χ0) is 13.1. The van der Waals surface area contributed by atoms with E-state index in [2.05, 4.69) is 0 Å². The Labute approximate surface area is 108 Å². The van der Waals surface area contributed by atoms with Gasteiger partial charge in [0.15, 0.2) is 0 Å². The van der Waals surface area contributed by atoms with Gasteiger partial charge in [0.2, 0.25) is 5.91 Å². The smallest absolute Gasteiger partial charge is 0.244 e. The molecule has 98 valence electrons. The summed E-state index contributed by atoms with van der Waals surface area (Å²) in [6, 6.07) is 8.98. The van der Waals surface area contributed by atoms with Gasteiger partial charge in [0.05, 0.1) is 18.8 Å². The molecule has 3 atom stereocenters. The number of rotatable bonds is 2. The van der Waals surface area contributed by atoms with Crippen LogP contribution in [0.3, 0.4) is 0 Å². The lowest BCUT2D eigenvalue weighted by Gasteiger charge is -2.38. The van der Waals surface area contributed by atoms with Crippen LogP contribution < -0.4 is 5.73 Å². The molecule has 0 radical (unpaired) electrons. The quantitative estimate of drug-likeness (QED) is 0.859. The van der Waals surface area contributed by atoms with Crippen LogP contribution in [0, 0.1) is 0 Å². The SMILES string of the molecule is CC1CN(C(=O)[C@H](N)c2ccccc2)C(C)CO1. The summed E-state index contributed by atoms with van der Waals surface area (Å²) in [6.07, 6.45) is 0.0770. The molecular formula is C14H20N2O2. The van der Waals surface area contributed by atoms with Gasteiger partial charge < -0.3 is 15.4 Å². The number of hydrogen-bond acceptors (Lipinski definition) is 3. The predicted octanol–water partition coefficient (Wildman–Crippen LogP) is 1.32. The Morgan fingerprint density at radius 3 is 2.72 bits per heavy atom. The van der Waals surface area contributed by atoms with E-state index in [1.807, 2.05) is 49.1 Å². The first-order chi connectivity index (χ1) is 8.59. The highest BCUT2D eigenvalue weighted by molar-refractivity contribution is 5.83. The molecule has 2 unspecified atom stereocenters. The molecule has 1 amide bonds. The molecule has 2 rings (SSSR count). The van der Waals surface area contributed by atoms with Crippen molar-refractivity contribution in [3.63, 3.8) is 0 Å². The van der Waals surface area contributed by atoms with Crippen LogP contribution in [-0.2, 0) is 9.53 Å². The molecule has 0 saturated carbocycles. The minimum absolute atomic E-state index is 0.0242. The Morgan fingerprint density at radius 2 is 2.06 bits per heavy atom. The fraction of sp³-hybridized carbons (Fsp3) is 0.500. The Hall–Kier alpha value is -1.39. The standard InChI is InChI=1S/C14H20N2O2/c1-10-9-18-11(2)8-16(10)14(17)13(15)12-6-4-3-5-7-12/h3-7,10-11,13H,8-9,15H2,1-2H3/t10?,11?,13-/m1/s1. The van der Waals surface area contributed by atoms with Crippen molar-refractivity contribution in [1.82, 2.24) is 4.90 Å². The number of ether oxygens (including phenoxy) is 1. The van der Waals surface area contributed by atoms with Gasteiger partial charge in [-0.3, -0.25) is 4.79 Å². The highest BCUT2D eigenvalue weighted by atomic mass is 16.5. The summed E-state index contributed by atoms with van der Waals surface area (Å²) in [5.41, 5.74) is 6.90. The highest BCUT2D eigenvalue weighted by Crippen LogP contribution is 2.18. The lowest BCUT2D eigenvalue weighted by Crippen LogP contribution is -2.52. The van der Waals surface area contributed by atoms with Crippen molar-refractivity contribution in [1.29, 1.82) is 0 Å². The number of nitrogens with two attached hydrogens (primary N) is 1. The van der Waals surface area contributed by atoms with Crippen LogP contribution in [0.2, 0.25) is 0 Å². The van der Waals surface area contributed by atoms with Crippen molar-refractivity contribution in [3.8, 4) is 0 Å². The van der Waals surface area contributed by atoms with Crippen LogP contribution in [0.4, 0.5) is 0 Å². The molecular weight excluding hydrogens is 228 g/mol. The first-order valence-electron chi connectivity index (χ1n) is 6.32. The van der Waals surface area contributed by atoms with Crippen molar-refractivity contribution in [2.45, 2.75) is 32.0 Å². The molecule has 0 spiro atoms. The third-order valence-electron chi connectivity index (χ3n) is 3.32. The summed E-state index contributed by atoms with van der Waals surface area (Å²) in [6.45, 7) is 5.15. The van der Waals surface area contributed by atoms with Gasteiger partial charge >= 0.3 is 0 Å². The van der Waals surface area contributed by atoms with E-state index in [0.717, 1.165) is 5.56 Å². The average Bonchev–Trinajstić information content (AvgIpc) is 2.41. The Kier molecular flexibility index (Phi) is 3.99. The maximum absolute atomic E-state index is 12.4. The van der Waals surface area contributed by atoms with Gasteiger partial charge in [0.1, 0.15) is 6.04 Å². The molecule has 4 heteroatoms. The molecule has 0 aliphatic carbocycles. The summed E-state index contributed by atoms with van der Waals surface area (Å²) >= 11 is 0. The summed E-state index contributed by atoms with van der Waals surface area (Å²) in [5, 5.41) is 0. The molecule has 0 bridgehead atoms. The Morgan fingerprint density at radius 1 is 1.39 bits per heavy atom. The first-order valence-corrected chi connectivity index (χ1v) is 6.32. The van der Waals surface area contributed by atoms with Gasteiger partial charge in [-0.15, -0.1) is 0 Å². The second-order valence-electron chi connectivity index (χ2n) is 4.87. The summed E-state index contributed by atoms with van der Waals surface area (Å²) in [5.74, 6) is -0.0242. The number of carbonyl (C=O) groups is 1. The highest BCUT2D eigenvalue weighted by Gasteiger charge is 2.31. The van der Waals surface area contributed by atoms with Crippen molar-refractivity contribution in [2.24, 2.45) is 5.73 Å². The van der Waals surface area contributed by atoms with Crippen molar-refractivity contribution in [3.05, 3.63) is 35.9 Å². The number of hydrogen-bond donors (Lipinski definition) is 1. The number of amides is 1. The predicted molar refractivity (Wildman–Crippen MR) is 70.0 cm³/mol. The van der Waals surface area contributed by atoms with E-state index >= 15 is 0 Å². The molecule has 1 fully saturated rings. The van der Waals surface area contributed by atoms with Crippen LogP contribution in [0.15, 0.2) is 30.3 Å². The van der Waals surface area contributed by atoms with Gasteiger partial charge in [-0.1, -0.05) is 30.3 Å². The molecule has 1 aliphatic heterocycles. The van der Waals surface area contributed by atoms with Crippen LogP contribution >= 0.6 is 0 Å². The van der Waals surface area contributed by atoms with Crippen LogP contribution in [0.5, 0.6) is 0 Å². The number of carbonyl (C=O) groups excluding carboxylic acids is 1. The molecule has 1 aromatic carbocycles. The Balaban J connectivity index is 2.10. The summed E-state index contributed by atoms with van der Waals surface area (Å²) in [4.78, 5) is 14.2. The lowest BCUT2D eigenvalue weighted by atomic mass is 10.0. The number of benzene rings is 1. The van der Waals surface area contributed by atoms with Crippen molar-refractivity contribution < 1.29 is 9.53 Å². The second-order valence-corrected chi connectivity index (χ2v) is 4.87. The number of morpholine rings is 1. The monoisotopic (exact) mass is 248 g/mol. The molecule has 1 saturated heterocycles. The topological polar surface area (TPSA) is 55.6 Å². The largest absolute Gasteiger partial charge is 0.375 e. The maximum atomic E-state index is 12.4. The van der Waals surface area contributed by atoms with Gasteiger partial charge in [-0.05, 0) is 19.4 Å². The third-order valence-corrected chi connectivity index (χ3v) is 3.32. The molecule has 1 heterocycles. The fourth-order valence-corrected chi connectivity index (χ4v) is 2.19. The van der Waals surface area contributed by atoms with Crippen LogP contribution in [-0.4, -0.2) is 36.1 Å². The minimum Gasteiger partial charge on any atom is -0.375 e. The van der Waals surface area contributed by atoms with Gasteiger partial charge in [0, 0.05) is 6.54 Å². The van der Waals surface area contributed by atoms with Crippen LogP contribution in [0.25, 0.3) is 0 Å². The average molecular weight is 248 g/mol. The van der Waals surface area contributed by atoms with E-state index in [-0.39, 0.29) is 18.1 Å². The third kappa shape index (κ3) is 2.71. The molecule has 0 aromatic heterocycles. The van der Waals surface area contributed by atoms with Crippen LogP contribution in [0.1, 0.15) is 25.5 Å². The maximum Gasteiger partial charge on any atom is 0.244 e. The molecule has 2 N–H and O–H groups in total. The van der Waals surface area contributed by atoms with Gasteiger partial charge in [0.25, 0.3) is 0 Å². The van der Waals surface area contributed by atoms with E-state index in [1.54, 1.807) is 0 Å². The lowest BCUT2D eigenvalue weighted by molar-refractivity contribution is -0.144. The fourth-order valence-electron chi connectivity index (χ4n) is 2.19. The summed E-state index contributed by atoms with van der Waals surface area (Å²) in [7, 11) is 0. The van der Waals surface area contributed by atoms with Gasteiger partial charge in [-0.25, -0.2) is 0 Å². The molecule has 4 nitrogen and oxygen atoms in total. The Bertz CT molecular complexity index is 408. The zero-order valence-corrected chi connectivity index (χ0v) is 10.9. The molecule has 18 heavy (non-hydrogen) atoms. The second kappa shape index (κ2) is 5.50. The molecule has 1 aromatic rings. The van der Waals surface area contributed by atoms with Gasteiger partial charge in [-0.2, -0.15) is 0 Å². The summed E-state index contributed by atoms with van der Waals surface area (Å²) < 4.78 is 5.52. The van der Waals surface area contributed by atoms with E-state index < -0.39 is 6.04 Å². The minimum atomic E-state index is -0.584. The van der Waals surface area contributed by atoms with E-state index in [4.69, 9.17) is 10.5 Å². The number of nitrogens with zero attached hydrogens (tertiary/aromatic N) is 1. The normalized spacial score (nSPS) is 25.8.